The number of anilines is 2. The highest BCUT2D eigenvalue weighted by Gasteiger charge is 2.19. The van der Waals surface area contributed by atoms with Crippen molar-refractivity contribution in [2.24, 2.45) is 7.05 Å². The van der Waals surface area contributed by atoms with Crippen LogP contribution < -0.4 is 10.6 Å². The van der Waals surface area contributed by atoms with Gasteiger partial charge in [0.2, 0.25) is 5.95 Å². The number of nitrogens with zero attached hydrogens (tertiary/aromatic N) is 6. The van der Waals surface area contributed by atoms with Gasteiger partial charge in [-0.25, -0.2) is 28.1 Å². The summed E-state index contributed by atoms with van der Waals surface area (Å²) in [6.07, 6.45) is 0.863. The third-order valence-corrected chi connectivity index (χ3v) is 5.21. The minimum atomic E-state index is -3.08. The van der Waals surface area contributed by atoms with Crippen LogP contribution in [-0.4, -0.2) is 54.3 Å². The molecule has 1 unspecified atom stereocenters. The Hall–Kier alpha value is -3.96. The molecule has 0 saturated carbocycles. The number of fused-ring (bicyclic) bond motifs is 1. The van der Waals surface area contributed by atoms with Crippen molar-refractivity contribution in [2.75, 3.05) is 17.2 Å². The quantitative estimate of drug-likeness (QED) is 0.401. The van der Waals surface area contributed by atoms with Crippen LogP contribution in [0.15, 0.2) is 43.0 Å². The highest BCUT2D eigenvalue weighted by Crippen LogP contribution is 2.27. The molecular formula is C22H23F3N8O. The van der Waals surface area contributed by atoms with Gasteiger partial charge in [-0.1, -0.05) is 0 Å². The van der Waals surface area contributed by atoms with Crippen molar-refractivity contribution in [3.8, 4) is 11.4 Å². The maximum absolute atomic E-state index is 13.2. The van der Waals surface area contributed by atoms with E-state index in [4.69, 9.17) is 0 Å². The molecule has 178 valence electrons. The summed E-state index contributed by atoms with van der Waals surface area (Å²) in [6.45, 7) is 3.34. The minimum absolute atomic E-state index is 0.0408. The van der Waals surface area contributed by atoms with Crippen LogP contribution in [0.1, 0.15) is 30.2 Å². The van der Waals surface area contributed by atoms with E-state index in [2.05, 4.69) is 30.7 Å². The summed E-state index contributed by atoms with van der Waals surface area (Å²) in [6, 6.07) is 5.38. The number of aromatic nitrogens is 6. The Morgan fingerprint density at radius 2 is 1.94 bits per heavy atom. The lowest BCUT2D eigenvalue weighted by molar-refractivity contribution is 0.0570. The summed E-state index contributed by atoms with van der Waals surface area (Å²) < 4.78 is 41.5. The third-order valence-electron chi connectivity index (χ3n) is 5.21. The monoisotopic (exact) mass is 472 g/mol. The van der Waals surface area contributed by atoms with E-state index in [0.717, 1.165) is 10.9 Å². The van der Waals surface area contributed by atoms with Crippen LogP contribution in [0.5, 0.6) is 0 Å². The predicted molar refractivity (Wildman–Crippen MR) is 122 cm³/mol. The zero-order valence-electron chi connectivity index (χ0n) is 18.7. The van der Waals surface area contributed by atoms with Crippen LogP contribution in [0.4, 0.5) is 24.9 Å². The van der Waals surface area contributed by atoms with E-state index >= 15 is 0 Å². The molecule has 0 saturated heterocycles. The molecule has 0 radical (unpaired) electrons. The van der Waals surface area contributed by atoms with Crippen LogP contribution in [0.2, 0.25) is 0 Å². The average Bonchev–Trinajstić information content (AvgIpc) is 3.43. The number of amides is 1. The predicted octanol–water partition coefficient (Wildman–Crippen LogP) is 4.08. The molecule has 34 heavy (non-hydrogen) atoms. The van der Waals surface area contributed by atoms with E-state index in [9.17, 15) is 18.0 Å². The molecule has 4 heterocycles. The lowest BCUT2D eigenvalue weighted by Gasteiger charge is -2.10. The molecular weight excluding hydrogens is 449 g/mol. The van der Waals surface area contributed by atoms with Gasteiger partial charge in [0.25, 0.3) is 12.3 Å². The van der Waals surface area contributed by atoms with Gasteiger partial charge in [-0.15, -0.1) is 0 Å². The molecule has 4 aromatic rings. The molecule has 0 aromatic carbocycles. The summed E-state index contributed by atoms with van der Waals surface area (Å²) in [4.78, 5) is 25.2. The second kappa shape index (κ2) is 9.49. The molecule has 0 aliphatic rings. The van der Waals surface area contributed by atoms with Crippen LogP contribution in [0, 0.1) is 0 Å². The van der Waals surface area contributed by atoms with Crippen LogP contribution in [0.25, 0.3) is 22.3 Å². The van der Waals surface area contributed by atoms with Gasteiger partial charge < -0.3 is 15.2 Å². The number of alkyl halides is 3. The molecule has 12 heteroatoms. The first-order valence-corrected chi connectivity index (χ1v) is 10.5. The van der Waals surface area contributed by atoms with Crippen LogP contribution in [0.3, 0.4) is 0 Å². The Morgan fingerprint density at radius 1 is 1.15 bits per heavy atom. The Labute approximate surface area is 193 Å². The first kappa shape index (κ1) is 23.2. The van der Waals surface area contributed by atoms with Crippen molar-refractivity contribution in [2.45, 2.75) is 32.5 Å². The number of aryl methyl sites for hydroxylation is 1. The fraction of sp³-hybridized carbons (Fsp3) is 0.318. The van der Waals surface area contributed by atoms with Crippen molar-refractivity contribution in [1.82, 2.24) is 29.3 Å². The average molecular weight is 472 g/mol. The van der Waals surface area contributed by atoms with Gasteiger partial charge in [0.1, 0.15) is 5.82 Å². The lowest BCUT2D eigenvalue weighted by atomic mass is 10.2. The zero-order valence-corrected chi connectivity index (χ0v) is 18.7. The normalized spacial score (nSPS) is 12.5. The molecule has 2 N–H and O–H groups in total. The van der Waals surface area contributed by atoms with E-state index < -0.39 is 19.1 Å². The van der Waals surface area contributed by atoms with Gasteiger partial charge >= 0.3 is 0 Å². The maximum Gasteiger partial charge on any atom is 0.271 e. The molecule has 0 bridgehead atoms. The molecule has 0 aliphatic carbocycles. The number of pyridine rings is 1. The molecule has 4 aromatic heterocycles. The minimum Gasteiger partial charge on any atom is -0.351 e. The fourth-order valence-corrected chi connectivity index (χ4v) is 3.34. The summed E-state index contributed by atoms with van der Waals surface area (Å²) >= 11 is 0. The maximum atomic E-state index is 13.2. The number of hydrogen-bond acceptors (Lipinski definition) is 6. The van der Waals surface area contributed by atoms with Crippen LogP contribution in [-0.2, 0) is 7.05 Å². The van der Waals surface area contributed by atoms with E-state index in [1.807, 2.05) is 31.5 Å². The van der Waals surface area contributed by atoms with Crippen molar-refractivity contribution in [3.63, 3.8) is 0 Å². The Morgan fingerprint density at radius 3 is 2.65 bits per heavy atom. The van der Waals surface area contributed by atoms with E-state index in [1.165, 1.54) is 12.4 Å². The second-order valence-corrected chi connectivity index (χ2v) is 7.97. The first-order chi connectivity index (χ1) is 16.2. The Bertz CT molecular complexity index is 1320. The number of carbonyl (C=O) groups is 1. The molecule has 4 rings (SSSR count). The zero-order chi connectivity index (χ0) is 24.4. The second-order valence-electron chi connectivity index (χ2n) is 7.97. The van der Waals surface area contributed by atoms with E-state index in [0.29, 0.717) is 22.8 Å². The number of hydrogen-bond donors (Lipinski definition) is 2. The van der Waals surface area contributed by atoms with Gasteiger partial charge in [-0.05, 0) is 26.0 Å². The SMILES string of the molecule is CC(C)n1cc(C(=O)Nc2cc3c(cn2)cc(-c2ccnc(NCC(F)C(F)F)n2)n3C)cn1. The van der Waals surface area contributed by atoms with Gasteiger partial charge in [-0.2, -0.15) is 5.10 Å². The van der Waals surface area contributed by atoms with Gasteiger partial charge in [0.05, 0.1) is 35.2 Å². The summed E-state index contributed by atoms with van der Waals surface area (Å²) in [7, 11) is 1.82. The van der Waals surface area contributed by atoms with E-state index in [-0.39, 0.29) is 17.9 Å². The highest BCUT2D eigenvalue weighted by molar-refractivity contribution is 6.04. The number of nitrogens with one attached hydrogen (secondary N) is 2. The van der Waals surface area contributed by atoms with Gasteiger partial charge in [-0.3, -0.25) is 9.48 Å². The van der Waals surface area contributed by atoms with E-state index in [1.54, 1.807) is 29.2 Å². The van der Waals surface area contributed by atoms with Crippen molar-refractivity contribution in [1.29, 1.82) is 0 Å². The number of halogens is 3. The summed E-state index contributed by atoms with van der Waals surface area (Å²) in [5.74, 6) is 0.0855. The topological polar surface area (TPSA) is 103 Å². The van der Waals surface area contributed by atoms with Crippen LogP contribution >= 0.6 is 0 Å². The van der Waals surface area contributed by atoms with Gasteiger partial charge in [0, 0.05) is 43.1 Å². The molecule has 0 aliphatic heterocycles. The standard InChI is InChI=1S/C22H23F3N8O/c1-12(2)33-11-14(9-29-33)21(34)31-19-7-17-13(8-27-19)6-18(32(17)3)16-4-5-26-22(30-16)28-10-15(23)20(24)25/h4-9,11-12,15,20H,10H2,1-3H3,(H,26,28,30)(H,27,31,34). The number of carbonyl (C=O) groups excluding carboxylic acids is 1. The molecule has 1 amide bonds. The smallest absolute Gasteiger partial charge is 0.271 e. The first-order valence-electron chi connectivity index (χ1n) is 10.5. The van der Waals surface area contributed by atoms with Crippen molar-refractivity contribution in [3.05, 3.63) is 48.5 Å². The Balaban J connectivity index is 1.55. The number of rotatable bonds is 8. The molecule has 9 nitrogen and oxygen atoms in total. The van der Waals surface area contributed by atoms with Gasteiger partial charge in [0.15, 0.2) is 6.17 Å². The Kier molecular flexibility index (Phi) is 6.48. The molecule has 1 atom stereocenters. The summed E-state index contributed by atoms with van der Waals surface area (Å²) in [5.41, 5.74) is 2.42. The third kappa shape index (κ3) is 4.85. The van der Waals surface area contributed by atoms with Crippen molar-refractivity contribution >= 4 is 28.6 Å². The fourth-order valence-electron chi connectivity index (χ4n) is 3.34. The molecule has 0 spiro atoms. The highest BCUT2D eigenvalue weighted by atomic mass is 19.3. The largest absolute Gasteiger partial charge is 0.351 e. The van der Waals surface area contributed by atoms with Crippen molar-refractivity contribution < 1.29 is 18.0 Å². The molecule has 0 fully saturated rings. The lowest BCUT2D eigenvalue weighted by Crippen LogP contribution is -2.23. The summed E-state index contributed by atoms with van der Waals surface area (Å²) in [5, 5.41) is 10.2.